The van der Waals surface area contributed by atoms with Crippen molar-refractivity contribution in [2.45, 2.75) is 57.9 Å². The smallest absolute Gasteiger partial charge is 0.106 e. The van der Waals surface area contributed by atoms with E-state index in [0.717, 1.165) is 29.1 Å². The number of thiocarbonyl (C=S) groups is 1. The van der Waals surface area contributed by atoms with Gasteiger partial charge in [-0.15, -0.1) is 0 Å². The zero-order valence-corrected chi connectivity index (χ0v) is 14.5. The van der Waals surface area contributed by atoms with E-state index < -0.39 is 0 Å². The van der Waals surface area contributed by atoms with Crippen LogP contribution in [-0.4, -0.2) is 29.3 Å². The highest BCUT2D eigenvalue weighted by Crippen LogP contribution is 2.12. The Labute approximate surface area is 140 Å². The molecule has 4 N–H and O–H groups in total. The van der Waals surface area contributed by atoms with Crippen LogP contribution in [0, 0.1) is 0 Å². The molecular formula is C18H30N2OS. The average Bonchev–Trinajstić information content (AvgIpc) is 2.54. The van der Waals surface area contributed by atoms with Gasteiger partial charge >= 0.3 is 0 Å². The third-order valence-corrected chi connectivity index (χ3v) is 4.16. The maximum absolute atomic E-state index is 9.11. The average molecular weight is 323 g/mol. The molecule has 0 saturated carbocycles. The molecule has 0 heterocycles. The Kier molecular flexibility index (Phi) is 10.0. The first-order chi connectivity index (χ1) is 10.7. The maximum atomic E-state index is 9.11. The van der Waals surface area contributed by atoms with Crippen molar-refractivity contribution in [3.8, 4) is 0 Å². The Morgan fingerprint density at radius 1 is 1.18 bits per heavy atom. The molecule has 0 spiro atoms. The molecule has 0 fully saturated rings. The molecule has 1 rings (SSSR count). The Morgan fingerprint density at radius 3 is 2.59 bits per heavy atom. The predicted molar refractivity (Wildman–Crippen MR) is 98.3 cm³/mol. The first kappa shape index (κ1) is 19.1. The molecule has 1 atom stereocenters. The number of hydrogen-bond acceptors (Lipinski definition) is 3. The normalized spacial score (nSPS) is 12.1. The highest BCUT2D eigenvalue weighted by atomic mass is 32.1. The number of nitrogens with two attached hydrogens (primary N) is 1. The monoisotopic (exact) mass is 322 g/mol. The van der Waals surface area contributed by atoms with E-state index in [4.69, 9.17) is 23.1 Å². The summed E-state index contributed by atoms with van der Waals surface area (Å²) in [5.41, 5.74) is 7.98. The van der Waals surface area contributed by atoms with Crippen LogP contribution in [0.25, 0.3) is 0 Å². The minimum Gasteiger partial charge on any atom is -0.395 e. The summed E-state index contributed by atoms with van der Waals surface area (Å²) in [4.78, 5) is 0.786. The number of unbranched alkanes of at least 4 members (excludes halogenated alkanes) is 5. The lowest BCUT2D eigenvalue weighted by Gasteiger charge is -2.15. The molecule has 4 heteroatoms. The summed E-state index contributed by atoms with van der Waals surface area (Å²) in [6, 6.07) is 7.79. The van der Waals surface area contributed by atoms with E-state index in [1.54, 1.807) is 0 Å². The van der Waals surface area contributed by atoms with Crippen LogP contribution < -0.4 is 11.1 Å². The van der Waals surface area contributed by atoms with Crippen molar-refractivity contribution in [1.29, 1.82) is 0 Å². The molecular weight excluding hydrogens is 292 g/mol. The van der Waals surface area contributed by atoms with E-state index >= 15 is 0 Å². The first-order valence-corrected chi connectivity index (χ1v) is 8.82. The summed E-state index contributed by atoms with van der Waals surface area (Å²) in [6.45, 7) is 3.15. The summed E-state index contributed by atoms with van der Waals surface area (Å²) >= 11 is 5.50. The van der Waals surface area contributed by atoms with Gasteiger partial charge < -0.3 is 16.2 Å². The maximum Gasteiger partial charge on any atom is 0.106 e. The van der Waals surface area contributed by atoms with Gasteiger partial charge in [-0.05, 0) is 18.4 Å². The molecule has 0 saturated heterocycles. The fraction of sp³-hybridized carbons (Fsp3) is 0.611. The minimum absolute atomic E-state index is 0.00765. The molecule has 1 aromatic carbocycles. The van der Waals surface area contributed by atoms with Crippen LogP contribution in [0.4, 0.5) is 0 Å². The first-order valence-electron chi connectivity index (χ1n) is 8.41. The van der Waals surface area contributed by atoms with Gasteiger partial charge in [0.25, 0.3) is 0 Å². The van der Waals surface area contributed by atoms with Gasteiger partial charge in [0, 0.05) is 18.2 Å². The fourth-order valence-corrected chi connectivity index (χ4v) is 2.77. The lowest BCUT2D eigenvalue weighted by Crippen LogP contribution is -2.29. The zero-order chi connectivity index (χ0) is 16.2. The molecule has 0 radical (unpaired) electrons. The van der Waals surface area contributed by atoms with Crippen LogP contribution in [0.5, 0.6) is 0 Å². The number of aliphatic hydroxyl groups excluding tert-OH is 1. The minimum atomic E-state index is -0.234. The Morgan fingerprint density at radius 2 is 1.86 bits per heavy atom. The highest BCUT2D eigenvalue weighted by Gasteiger charge is 2.10. The van der Waals surface area contributed by atoms with Crippen LogP contribution in [-0.2, 0) is 6.42 Å². The van der Waals surface area contributed by atoms with E-state index in [2.05, 4.69) is 12.2 Å². The molecule has 0 amide bonds. The van der Waals surface area contributed by atoms with Crippen LogP contribution in [0.3, 0.4) is 0 Å². The van der Waals surface area contributed by atoms with Crippen LogP contribution in [0.1, 0.15) is 56.6 Å². The summed E-state index contributed by atoms with van der Waals surface area (Å²) in [5.74, 6) is 0. The second-order valence-corrected chi connectivity index (χ2v) is 6.24. The van der Waals surface area contributed by atoms with Crippen molar-refractivity contribution >= 4 is 17.2 Å². The molecule has 1 aromatic rings. The zero-order valence-electron chi connectivity index (χ0n) is 13.7. The van der Waals surface area contributed by atoms with E-state index in [0.29, 0.717) is 6.42 Å². The van der Waals surface area contributed by atoms with Gasteiger partial charge in [0.05, 0.1) is 6.61 Å². The third kappa shape index (κ3) is 7.34. The summed E-state index contributed by atoms with van der Waals surface area (Å²) < 4.78 is 0. The lowest BCUT2D eigenvalue weighted by atomic mass is 10.0. The van der Waals surface area contributed by atoms with Crippen molar-refractivity contribution in [3.05, 3.63) is 35.4 Å². The second kappa shape index (κ2) is 11.6. The lowest BCUT2D eigenvalue weighted by molar-refractivity contribution is 0.265. The van der Waals surface area contributed by atoms with E-state index in [9.17, 15) is 0 Å². The SMILES string of the molecule is CCCCCCCCNC(=S)c1ccccc1C[C@@H](N)CO. The van der Waals surface area contributed by atoms with Gasteiger partial charge in [0.1, 0.15) is 4.99 Å². The number of hydrogen-bond donors (Lipinski definition) is 3. The van der Waals surface area contributed by atoms with E-state index in [-0.39, 0.29) is 12.6 Å². The Bertz CT molecular complexity index is 437. The van der Waals surface area contributed by atoms with Gasteiger partial charge in [0.2, 0.25) is 0 Å². The Hall–Kier alpha value is -0.970. The molecule has 22 heavy (non-hydrogen) atoms. The highest BCUT2D eigenvalue weighted by molar-refractivity contribution is 7.80. The second-order valence-electron chi connectivity index (χ2n) is 5.83. The summed E-state index contributed by atoms with van der Waals surface area (Å²) in [6.07, 6.45) is 8.33. The van der Waals surface area contributed by atoms with Crippen LogP contribution in [0.2, 0.25) is 0 Å². The molecule has 0 bridgehead atoms. The fourth-order valence-electron chi connectivity index (χ4n) is 2.47. The molecule has 0 aliphatic heterocycles. The van der Waals surface area contributed by atoms with Crippen LogP contribution in [0.15, 0.2) is 24.3 Å². The van der Waals surface area contributed by atoms with Crippen molar-refractivity contribution in [2.75, 3.05) is 13.2 Å². The summed E-state index contributed by atoms with van der Waals surface area (Å²) in [5, 5.41) is 12.5. The topological polar surface area (TPSA) is 58.3 Å². The quantitative estimate of drug-likeness (QED) is 0.433. The number of benzene rings is 1. The summed E-state index contributed by atoms with van der Waals surface area (Å²) in [7, 11) is 0. The molecule has 0 aromatic heterocycles. The van der Waals surface area contributed by atoms with Crippen molar-refractivity contribution in [2.24, 2.45) is 5.73 Å². The van der Waals surface area contributed by atoms with E-state index in [1.807, 2.05) is 24.3 Å². The van der Waals surface area contributed by atoms with Gasteiger partial charge in [0.15, 0.2) is 0 Å². The molecule has 0 aliphatic carbocycles. The Balaban J connectivity index is 2.38. The van der Waals surface area contributed by atoms with Crippen molar-refractivity contribution in [1.82, 2.24) is 5.32 Å². The molecule has 124 valence electrons. The van der Waals surface area contributed by atoms with Gasteiger partial charge in [-0.2, -0.15) is 0 Å². The largest absolute Gasteiger partial charge is 0.395 e. The predicted octanol–water partition coefficient (Wildman–Crippen LogP) is 3.17. The van der Waals surface area contributed by atoms with Gasteiger partial charge in [-0.25, -0.2) is 0 Å². The van der Waals surface area contributed by atoms with Gasteiger partial charge in [-0.1, -0.05) is 75.5 Å². The third-order valence-electron chi connectivity index (χ3n) is 3.79. The molecule has 0 unspecified atom stereocenters. The van der Waals surface area contributed by atoms with Crippen LogP contribution >= 0.6 is 12.2 Å². The van der Waals surface area contributed by atoms with Gasteiger partial charge in [-0.3, -0.25) is 0 Å². The molecule has 3 nitrogen and oxygen atoms in total. The number of nitrogens with one attached hydrogen (secondary N) is 1. The van der Waals surface area contributed by atoms with Crippen molar-refractivity contribution < 1.29 is 5.11 Å². The number of rotatable bonds is 11. The molecule has 0 aliphatic rings. The van der Waals surface area contributed by atoms with E-state index in [1.165, 1.54) is 32.1 Å². The standard InChI is InChI=1S/C18H30N2OS/c1-2-3-4-5-6-9-12-20-18(22)17-11-8-7-10-15(17)13-16(19)14-21/h7-8,10-11,16,21H,2-6,9,12-14,19H2,1H3,(H,20,22)/t16-/m1/s1. The van der Waals surface area contributed by atoms with Crippen molar-refractivity contribution in [3.63, 3.8) is 0 Å². The number of aliphatic hydroxyl groups is 1.